The molecule has 3 aromatic rings. The summed E-state index contributed by atoms with van der Waals surface area (Å²) < 4.78 is 17.3. The number of aryl methyl sites for hydroxylation is 1. The Morgan fingerprint density at radius 2 is 1.84 bits per heavy atom. The largest absolute Gasteiger partial charge is 0.497 e. The van der Waals surface area contributed by atoms with Gasteiger partial charge in [0.15, 0.2) is 0 Å². The second-order valence-electron chi connectivity index (χ2n) is 7.43. The third-order valence-electron chi connectivity index (χ3n) is 5.61. The minimum absolute atomic E-state index is 0.191. The molecule has 1 fully saturated rings. The Labute approximate surface area is 179 Å². The number of amides is 1. The van der Waals surface area contributed by atoms with Crippen LogP contribution in [0.3, 0.4) is 0 Å². The highest BCUT2D eigenvalue weighted by atomic mass is 16.5. The van der Waals surface area contributed by atoms with Gasteiger partial charge in [-0.25, -0.2) is 4.98 Å². The van der Waals surface area contributed by atoms with Gasteiger partial charge in [-0.15, -0.1) is 0 Å². The maximum Gasteiger partial charge on any atom is 0.265 e. The first kappa shape index (κ1) is 20.9. The summed E-state index contributed by atoms with van der Waals surface area (Å²) in [5.41, 5.74) is 1.29. The third kappa shape index (κ3) is 4.00. The Morgan fingerprint density at radius 3 is 2.48 bits per heavy atom. The van der Waals surface area contributed by atoms with E-state index in [1.54, 1.807) is 26.0 Å². The number of carbonyl (C=O) groups excluding carboxylic acids is 1. The summed E-state index contributed by atoms with van der Waals surface area (Å²) in [5, 5.41) is 0.235. The van der Waals surface area contributed by atoms with Crippen molar-refractivity contribution in [1.82, 2.24) is 14.5 Å². The van der Waals surface area contributed by atoms with Gasteiger partial charge in [-0.2, -0.15) is 0 Å². The number of benzene rings is 1. The Bertz CT molecular complexity index is 1130. The number of nitrogens with zero attached hydrogens (tertiary/aromatic N) is 4. The van der Waals surface area contributed by atoms with Gasteiger partial charge >= 0.3 is 0 Å². The summed E-state index contributed by atoms with van der Waals surface area (Å²) in [6, 6.07) is 7.88. The normalized spacial score (nSPS) is 14.3. The lowest BCUT2D eigenvalue weighted by Crippen LogP contribution is -2.49. The van der Waals surface area contributed by atoms with E-state index < -0.39 is 0 Å². The molecule has 0 saturated carbocycles. The predicted octanol–water partition coefficient (Wildman–Crippen LogP) is 1.92. The lowest BCUT2D eigenvalue weighted by molar-refractivity contribution is 0.0746. The quantitative estimate of drug-likeness (QED) is 0.595. The predicted molar refractivity (Wildman–Crippen MR) is 116 cm³/mol. The van der Waals surface area contributed by atoms with Crippen LogP contribution in [0.25, 0.3) is 11.1 Å². The monoisotopic (exact) mass is 426 g/mol. The molecule has 1 saturated heterocycles. The van der Waals surface area contributed by atoms with Crippen LogP contribution in [-0.4, -0.2) is 67.4 Å². The second kappa shape index (κ2) is 8.81. The van der Waals surface area contributed by atoms with Crippen molar-refractivity contribution in [1.29, 1.82) is 0 Å². The number of hydrogen-bond acceptors (Lipinski definition) is 7. The van der Waals surface area contributed by atoms with Crippen LogP contribution >= 0.6 is 0 Å². The van der Waals surface area contributed by atoms with Crippen LogP contribution in [0.2, 0.25) is 0 Å². The molecule has 0 spiro atoms. The molecule has 2 aromatic heterocycles. The smallest absolute Gasteiger partial charge is 0.265 e. The van der Waals surface area contributed by atoms with Gasteiger partial charge in [-0.05, 0) is 31.2 Å². The molecule has 1 aliphatic rings. The summed E-state index contributed by atoms with van der Waals surface area (Å²) in [4.78, 5) is 34.5. The molecular formula is C22H26N4O5. The molecule has 164 valence electrons. The highest BCUT2D eigenvalue weighted by molar-refractivity contribution is 6.06. The molecule has 0 bridgehead atoms. The lowest BCUT2D eigenvalue weighted by atomic mass is 10.1. The molecule has 0 aliphatic carbocycles. The van der Waals surface area contributed by atoms with E-state index in [1.807, 2.05) is 24.3 Å². The van der Waals surface area contributed by atoms with Gasteiger partial charge in [0, 0.05) is 39.0 Å². The molecule has 1 aromatic carbocycles. The second-order valence-corrected chi connectivity index (χ2v) is 7.43. The van der Waals surface area contributed by atoms with Crippen LogP contribution in [0.1, 0.15) is 16.1 Å². The molecule has 0 unspecified atom stereocenters. The fraction of sp³-hybridized carbons (Fsp3) is 0.409. The zero-order valence-corrected chi connectivity index (χ0v) is 18.0. The van der Waals surface area contributed by atoms with Crippen LogP contribution in [0.15, 0.2) is 39.8 Å². The Balaban J connectivity index is 1.54. The SMILES string of the molecule is COCCn1cnc2oc(C)c(C(=O)N3CCN(c4ccc(OC)cc4)CC3)c2c1=O. The molecule has 1 aliphatic heterocycles. The number of piperazine rings is 1. The van der Waals surface area contributed by atoms with Crippen molar-refractivity contribution in [2.24, 2.45) is 0 Å². The van der Waals surface area contributed by atoms with E-state index in [0.717, 1.165) is 11.4 Å². The fourth-order valence-electron chi connectivity index (χ4n) is 3.86. The van der Waals surface area contributed by atoms with Gasteiger partial charge in [0.2, 0.25) is 5.71 Å². The zero-order chi connectivity index (χ0) is 22.0. The highest BCUT2D eigenvalue weighted by Crippen LogP contribution is 2.25. The topological polar surface area (TPSA) is 90.0 Å². The third-order valence-corrected chi connectivity index (χ3v) is 5.61. The van der Waals surface area contributed by atoms with Gasteiger partial charge < -0.3 is 23.7 Å². The molecule has 3 heterocycles. The van der Waals surface area contributed by atoms with E-state index in [4.69, 9.17) is 13.9 Å². The fourth-order valence-corrected chi connectivity index (χ4v) is 3.86. The van der Waals surface area contributed by atoms with Gasteiger partial charge in [0.1, 0.15) is 23.2 Å². The Morgan fingerprint density at radius 1 is 1.13 bits per heavy atom. The van der Waals surface area contributed by atoms with Crippen LogP contribution in [-0.2, 0) is 11.3 Å². The number of methoxy groups -OCH3 is 2. The molecule has 4 rings (SSSR count). The highest BCUT2D eigenvalue weighted by Gasteiger charge is 2.29. The minimum Gasteiger partial charge on any atom is -0.497 e. The summed E-state index contributed by atoms with van der Waals surface area (Å²) in [6.07, 6.45) is 1.43. The van der Waals surface area contributed by atoms with Crippen molar-refractivity contribution in [3.05, 3.63) is 52.3 Å². The number of hydrogen-bond donors (Lipinski definition) is 0. The van der Waals surface area contributed by atoms with E-state index in [9.17, 15) is 9.59 Å². The average Bonchev–Trinajstić information content (AvgIpc) is 3.15. The minimum atomic E-state index is -0.292. The van der Waals surface area contributed by atoms with Gasteiger partial charge in [-0.3, -0.25) is 14.2 Å². The van der Waals surface area contributed by atoms with E-state index >= 15 is 0 Å². The lowest BCUT2D eigenvalue weighted by Gasteiger charge is -2.36. The van der Waals surface area contributed by atoms with Crippen molar-refractivity contribution in [2.45, 2.75) is 13.5 Å². The number of ether oxygens (including phenoxy) is 2. The molecule has 0 atom stereocenters. The molecule has 9 heteroatoms. The molecule has 1 amide bonds. The average molecular weight is 426 g/mol. The maximum atomic E-state index is 13.3. The van der Waals surface area contributed by atoms with Crippen molar-refractivity contribution >= 4 is 22.7 Å². The summed E-state index contributed by atoms with van der Waals surface area (Å²) >= 11 is 0. The standard InChI is InChI=1S/C22H26N4O5/c1-15-18(19-20(31-15)23-14-26(22(19)28)12-13-29-2)21(27)25-10-8-24(9-11-25)16-4-6-17(30-3)7-5-16/h4-7,14H,8-13H2,1-3H3. The zero-order valence-electron chi connectivity index (χ0n) is 18.0. The van der Waals surface area contributed by atoms with Gasteiger partial charge in [0.05, 0.1) is 25.8 Å². The van der Waals surface area contributed by atoms with Crippen molar-refractivity contribution in [3.8, 4) is 5.75 Å². The maximum absolute atomic E-state index is 13.3. The van der Waals surface area contributed by atoms with E-state index in [2.05, 4.69) is 9.88 Å². The number of anilines is 1. The first-order chi connectivity index (χ1) is 15.0. The van der Waals surface area contributed by atoms with E-state index in [0.29, 0.717) is 50.7 Å². The molecule has 9 nitrogen and oxygen atoms in total. The van der Waals surface area contributed by atoms with Gasteiger partial charge in [0.25, 0.3) is 11.5 Å². The van der Waals surface area contributed by atoms with Gasteiger partial charge in [-0.1, -0.05) is 0 Å². The number of aromatic nitrogens is 2. The number of rotatable bonds is 6. The van der Waals surface area contributed by atoms with E-state index in [1.165, 1.54) is 10.9 Å². The van der Waals surface area contributed by atoms with Crippen LogP contribution in [0, 0.1) is 6.92 Å². The summed E-state index contributed by atoms with van der Waals surface area (Å²) in [6.45, 7) is 4.93. The van der Waals surface area contributed by atoms with Crippen LogP contribution in [0.5, 0.6) is 5.75 Å². The number of furan rings is 1. The Hall–Kier alpha value is -3.33. The number of carbonyl (C=O) groups is 1. The van der Waals surface area contributed by atoms with Crippen molar-refractivity contribution < 1.29 is 18.7 Å². The van der Waals surface area contributed by atoms with Crippen LogP contribution < -0.4 is 15.2 Å². The molecule has 31 heavy (non-hydrogen) atoms. The van der Waals surface area contributed by atoms with Crippen molar-refractivity contribution in [3.63, 3.8) is 0 Å². The number of fused-ring (bicyclic) bond motifs is 1. The van der Waals surface area contributed by atoms with E-state index in [-0.39, 0.29) is 22.6 Å². The molecular weight excluding hydrogens is 400 g/mol. The van der Waals surface area contributed by atoms with Crippen molar-refractivity contribution in [2.75, 3.05) is 51.9 Å². The summed E-state index contributed by atoms with van der Waals surface area (Å²) in [7, 11) is 3.21. The first-order valence-electron chi connectivity index (χ1n) is 10.2. The molecule has 0 radical (unpaired) electrons. The summed E-state index contributed by atoms with van der Waals surface area (Å²) in [5.74, 6) is 1.02. The van der Waals surface area contributed by atoms with Crippen LogP contribution in [0.4, 0.5) is 5.69 Å². The Kier molecular flexibility index (Phi) is 5.94. The first-order valence-corrected chi connectivity index (χ1v) is 10.2. The molecule has 0 N–H and O–H groups in total.